The first-order valence-corrected chi connectivity index (χ1v) is 10.1. The Morgan fingerprint density at radius 1 is 1.31 bits per heavy atom. The van der Waals surface area contributed by atoms with Gasteiger partial charge in [0.15, 0.2) is 0 Å². The van der Waals surface area contributed by atoms with Crippen LogP contribution in [0.1, 0.15) is 34.2 Å². The van der Waals surface area contributed by atoms with Crippen molar-refractivity contribution in [2.24, 2.45) is 10.7 Å². The van der Waals surface area contributed by atoms with Crippen LogP contribution in [0.15, 0.2) is 52.5 Å². The molecule has 0 saturated heterocycles. The smallest absolute Gasteiger partial charge is 0.382 e. The van der Waals surface area contributed by atoms with E-state index in [4.69, 9.17) is 11.0 Å². The van der Waals surface area contributed by atoms with Crippen LogP contribution in [0, 0.1) is 17.1 Å². The Hall–Kier alpha value is -4.47. The van der Waals surface area contributed by atoms with E-state index in [0.29, 0.717) is 4.57 Å². The van der Waals surface area contributed by atoms with Crippen LogP contribution in [0.4, 0.5) is 23.2 Å². The second-order valence-electron chi connectivity index (χ2n) is 8.09. The van der Waals surface area contributed by atoms with E-state index < -0.39 is 35.7 Å². The molecule has 1 aliphatic rings. The summed E-state index contributed by atoms with van der Waals surface area (Å²) in [6.07, 6.45) is -2.43. The molecule has 13 heteroatoms. The number of rotatable bonds is 4. The lowest BCUT2D eigenvalue weighted by molar-refractivity contribution is -0.141. The molecule has 2 aromatic heterocycles. The largest absolute Gasteiger partial charge is 0.406 e. The zero-order valence-electron chi connectivity index (χ0n) is 18.1. The summed E-state index contributed by atoms with van der Waals surface area (Å²) in [6, 6.07) is 8.34. The van der Waals surface area contributed by atoms with Crippen molar-refractivity contribution in [3.05, 3.63) is 81.5 Å². The summed E-state index contributed by atoms with van der Waals surface area (Å²) in [6.45, 7) is -0.310. The number of amides is 1. The maximum atomic E-state index is 14.9. The first kappa shape index (κ1) is 23.7. The van der Waals surface area contributed by atoms with Crippen LogP contribution in [-0.4, -0.2) is 32.0 Å². The van der Waals surface area contributed by atoms with Gasteiger partial charge >= 0.3 is 11.9 Å². The van der Waals surface area contributed by atoms with Crippen LogP contribution in [0.25, 0.3) is 0 Å². The fraction of sp³-hybridized carbons (Fsp3) is 0.227. The molecule has 3 aromatic rings. The molecule has 9 nitrogen and oxygen atoms in total. The standard InChI is InChI=1S/C22H17F4N7O2/c1-21(10-33-17(18(28)31-21)9-32(20(33)35)11-22(24,25)26)14-6-13(3-4-15(14)23)30-19(34)16-5-2-12(7-27)8-29-16/h2-6,8-9H,10-11H2,1H3,(H2,28,31)(H,30,34)/t21-/m0/s1. The molecular weight excluding hydrogens is 470 g/mol. The van der Waals surface area contributed by atoms with Crippen molar-refractivity contribution in [2.45, 2.75) is 31.7 Å². The van der Waals surface area contributed by atoms with Gasteiger partial charge in [-0.15, -0.1) is 0 Å². The molecule has 35 heavy (non-hydrogen) atoms. The van der Waals surface area contributed by atoms with Crippen molar-refractivity contribution in [3.8, 4) is 6.07 Å². The Morgan fingerprint density at radius 3 is 2.69 bits per heavy atom. The number of nitrogens with one attached hydrogen (secondary N) is 1. The molecular formula is C22H17F4N7O2. The zero-order valence-corrected chi connectivity index (χ0v) is 18.1. The van der Waals surface area contributed by atoms with E-state index in [1.165, 1.54) is 37.4 Å². The normalized spacial score (nSPS) is 17.3. The van der Waals surface area contributed by atoms with Gasteiger partial charge in [-0.05, 0) is 37.3 Å². The number of carbonyl (C=O) groups excluding carboxylic acids is 1. The average Bonchev–Trinajstić information content (AvgIpc) is 3.09. The van der Waals surface area contributed by atoms with Crippen LogP contribution in [0.5, 0.6) is 0 Å². The van der Waals surface area contributed by atoms with Crippen molar-refractivity contribution >= 4 is 17.4 Å². The Labute approximate surface area is 195 Å². The summed E-state index contributed by atoms with van der Waals surface area (Å²) in [5, 5.41) is 11.4. The van der Waals surface area contributed by atoms with E-state index >= 15 is 0 Å². The number of benzene rings is 1. The van der Waals surface area contributed by atoms with Gasteiger partial charge in [0.2, 0.25) is 0 Å². The van der Waals surface area contributed by atoms with Crippen molar-refractivity contribution in [1.82, 2.24) is 14.1 Å². The van der Waals surface area contributed by atoms with Crippen molar-refractivity contribution in [2.75, 3.05) is 5.32 Å². The van der Waals surface area contributed by atoms with Crippen LogP contribution < -0.4 is 16.7 Å². The Kier molecular flexibility index (Phi) is 5.68. The molecule has 0 radical (unpaired) electrons. The number of nitrogens with zero attached hydrogens (tertiary/aromatic N) is 5. The molecule has 0 unspecified atom stereocenters. The Morgan fingerprint density at radius 2 is 2.06 bits per heavy atom. The van der Waals surface area contributed by atoms with E-state index in [2.05, 4.69) is 15.3 Å². The van der Waals surface area contributed by atoms with E-state index in [9.17, 15) is 27.2 Å². The lowest BCUT2D eigenvalue weighted by Crippen LogP contribution is -2.41. The van der Waals surface area contributed by atoms with Crippen LogP contribution in [0.3, 0.4) is 0 Å². The maximum Gasteiger partial charge on any atom is 0.406 e. The van der Waals surface area contributed by atoms with Gasteiger partial charge in [-0.25, -0.2) is 14.2 Å². The number of halogens is 4. The van der Waals surface area contributed by atoms with Crippen molar-refractivity contribution < 1.29 is 22.4 Å². The van der Waals surface area contributed by atoms with E-state index in [-0.39, 0.29) is 40.6 Å². The van der Waals surface area contributed by atoms with Crippen molar-refractivity contribution in [1.29, 1.82) is 5.26 Å². The lowest BCUT2D eigenvalue weighted by atomic mass is 9.90. The molecule has 3 heterocycles. The van der Waals surface area contributed by atoms with Gasteiger partial charge in [0.1, 0.15) is 41.2 Å². The number of nitrogens with two attached hydrogens (primary N) is 1. The van der Waals surface area contributed by atoms with Gasteiger partial charge in [0.05, 0.1) is 12.1 Å². The number of carbonyl (C=O) groups is 1. The Balaban J connectivity index is 1.66. The minimum Gasteiger partial charge on any atom is -0.382 e. The summed E-state index contributed by atoms with van der Waals surface area (Å²) < 4.78 is 54.8. The lowest BCUT2D eigenvalue weighted by Gasteiger charge is -2.31. The van der Waals surface area contributed by atoms with Crippen LogP contribution in [0.2, 0.25) is 0 Å². The number of nitriles is 1. The van der Waals surface area contributed by atoms with Crippen molar-refractivity contribution in [3.63, 3.8) is 0 Å². The second-order valence-corrected chi connectivity index (χ2v) is 8.09. The fourth-order valence-electron chi connectivity index (χ4n) is 3.81. The number of hydrogen-bond donors (Lipinski definition) is 2. The van der Waals surface area contributed by atoms with E-state index in [0.717, 1.165) is 16.8 Å². The number of amidine groups is 1. The summed E-state index contributed by atoms with van der Waals surface area (Å²) in [4.78, 5) is 33.3. The number of anilines is 1. The molecule has 0 saturated carbocycles. The molecule has 4 rings (SSSR count). The van der Waals surface area contributed by atoms with Gasteiger partial charge in [-0.1, -0.05) is 0 Å². The topological polar surface area (TPSA) is 131 Å². The number of hydrogen-bond acceptors (Lipinski definition) is 6. The van der Waals surface area contributed by atoms with E-state index in [1.54, 1.807) is 0 Å². The first-order chi connectivity index (χ1) is 16.4. The maximum absolute atomic E-state index is 14.9. The Bertz CT molecular complexity index is 1450. The molecule has 0 bridgehead atoms. The van der Waals surface area contributed by atoms with Gasteiger partial charge in [-0.3, -0.25) is 18.9 Å². The van der Waals surface area contributed by atoms with Gasteiger partial charge in [0.25, 0.3) is 5.91 Å². The molecule has 1 amide bonds. The van der Waals surface area contributed by atoms with Crippen LogP contribution in [-0.2, 0) is 18.6 Å². The predicted molar refractivity (Wildman–Crippen MR) is 116 cm³/mol. The minimum absolute atomic E-state index is 0.00604. The summed E-state index contributed by atoms with van der Waals surface area (Å²) in [5.74, 6) is -1.57. The summed E-state index contributed by atoms with van der Waals surface area (Å²) >= 11 is 0. The number of fused-ring (bicyclic) bond motifs is 1. The predicted octanol–water partition coefficient (Wildman–Crippen LogP) is 2.50. The molecule has 1 aromatic carbocycles. The number of pyridine rings is 1. The van der Waals surface area contributed by atoms with Gasteiger partial charge in [-0.2, -0.15) is 18.4 Å². The average molecular weight is 487 g/mol. The third-order valence-electron chi connectivity index (χ3n) is 5.42. The summed E-state index contributed by atoms with van der Waals surface area (Å²) in [5.41, 5.74) is 3.96. The number of imidazole rings is 1. The highest BCUT2D eigenvalue weighted by Crippen LogP contribution is 2.34. The first-order valence-electron chi connectivity index (χ1n) is 10.1. The molecule has 180 valence electrons. The quantitative estimate of drug-likeness (QED) is 0.546. The van der Waals surface area contributed by atoms with Gasteiger partial charge < -0.3 is 11.1 Å². The fourth-order valence-corrected chi connectivity index (χ4v) is 3.81. The molecule has 0 fully saturated rings. The number of alkyl halides is 3. The molecule has 0 spiro atoms. The third-order valence-corrected chi connectivity index (χ3v) is 5.42. The number of aromatic nitrogens is 3. The minimum atomic E-state index is -4.63. The number of aliphatic imine (C=N–C) groups is 1. The monoisotopic (exact) mass is 487 g/mol. The highest BCUT2D eigenvalue weighted by atomic mass is 19.4. The SMILES string of the molecule is C[C@@]1(c2cc(NC(=O)c3ccc(C#N)cn3)ccc2F)Cn2c(cn(CC(F)(F)F)c2=O)C(N)=N1. The zero-order chi connectivity index (χ0) is 25.5. The van der Waals surface area contributed by atoms with Crippen LogP contribution >= 0.6 is 0 Å². The molecule has 1 aliphatic heterocycles. The van der Waals surface area contributed by atoms with E-state index in [1.807, 2.05) is 6.07 Å². The summed E-state index contributed by atoms with van der Waals surface area (Å²) in [7, 11) is 0. The second kappa shape index (κ2) is 8.39. The van der Waals surface area contributed by atoms with Gasteiger partial charge in [0, 0.05) is 23.6 Å². The molecule has 0 aliphatic carbocycles. The molecule has 3 N–H and O–H groups in total. The highest BCUT2D eigenvalue weighted by molar-refractivity contribution is 6.03. The molecule has 1 atom stereocenters. The third kappa shape index (κ3) is 4.63. The highest BCUT2D eigenvalue weighted by Gasteiger charge is 2.38.